The van der Waals surface area contributed by atoms with Crippen LogP contribution < -0.4 is 5.73 Å². The zero-order valence-electron chi connectivity index (χ0n) is 8.69. The Labute approximate surface area is 89.0 Å². The summed E-state index contributed by atoms with van der Waals surface area (Å²) in [7, 11) is 0. The summed E-state index contributed by atoms with van der Waals surface area (Å²) in [5.41, 5.74) is 5.84. The number of ketones is 1. The van der Waals surface area contributed by atoms with Gasteiger partial charge in [0.2, 0.25) is 5.78 Å². The van der Waals surface area contributed by atoms with Gasteiger partial charge >= 0.3 is 0 Å². The number of hydrogen-bond donors (Lipinski definition) is 1. The molecule has 1 atom stereocenters. The Bertz CT molecular complexity index is 321. The molecule has 2 N–H and O–H groups in total. The zero-order chi connectivity index (χ0) is 10.7. The maximum absolute atomic E-state index is 11.7. The number of likely N-dealkylation sites (tertiary alicyclic amines) is 1. The largest absolute Gasteiger partial charge is 0.461 e. The SMILES string of the molecule is N[C@@H]1CCCN(CC(=O)c2ccco2)C1. The van der Waals surface area contributed by atoms with Crippen molar-refractivity contribution >= 4 is 5.78 Å². The lowest BCUT2D eigenvalue weighted by Crippen LogP contribution is -2.44. The smallest absolute Gasteiger partial charge is 0.211 e. The van der Waals surface area contributed by atoms with Crippen LogP contribution in [0.5, 0.6) is 0 Å². The molecule has 1 fully saturated rings. The summed E-state index contributed by atoms with van der Waals surface area (Å²) in [4.78, 5) is 13.8. The monoisotopic (exact) mass is 208 g/mol. The molecule has 0 saturated carbocycles. The van der Waals surface area contributed by atoms with E-state index in [4.69, 9.17) is 10.2 Å². The van der Waals surface area contributed by atoms with E-state index >= 15 is 0 Å². The summed E-state index contributed by atoms with van der Waals surface area (Å²) in [5.74, 6) is 0.475. The maximum atomic E-state index is 11.7. The first kappa shape index (κ1) is 10.4. The van der Waals surface area contributed by atoms with Crippen LogP contribution in [0.4, 0.5) is 0 Å². The topological polar surface area (TPSA) is 59.5 Å². The molecule has 2 heterocycles. The lowest BCUT2D eigenvalue weighted by Gasteiger charge is -2.29. The quantitative estimate of drug-likeness (QED) is 0.749. The first-order valence-electron chi connectivity index (χ1n) is 5.30. The number of rotatable bonds is 3. The van der Waals surface area contributed by atoms with E-state index in [1.54, 1.807) is 12.1 Å². The van der Waals surface area contributed by atoms with Crippen LogP contribution in [-0.4, -0.2) is 36.4 Å². The van der Waals surface area contributed by atoms with Gasteiger partial charge in [-0.15, -0.1) is 0 Å². The number of nitrogens with zero attached hydrogens (tertiary/aromatic N) is 1. The van der Waals surface area contributed by atoms with Crippen molar-refractivity contribution in [1.29, 1.82) is 0 Å². The van der Waals surface area contributed by atoms with Gasteiger partial charge in [-0.3, -0.25) is 9.69 Å². The van der Waals surface area contributed by atoms with Gasteiger partial charge < -0.3 is 10.2 Å². The Morgan fingerprint density at radius 2 is 2.53 bits per heavy atom. The average molecular weight is 208 g/mol. The third-order valence-electron chi connectivity index (χ3n) is 2.71. The minimum atomic E-state index is 0.0362. The van der Waals surface area contributed by atoms with Crippen LogP contribution in [0, 0.1) is 0 Å². The van der Waals surface area contributed by atoms with Gasteiger partial charge in [-0.2, -0.15) is 0 Å². The van der Waals surface area contributed by atoms with E-state index < -0.39 is 0 Å². The minimum absolute atomic E-state index is 0.0362. The Morgan fingerprint density at radius 3 is 3.20 bits per heavy atom. The van der Waals surface area contributed by atoms with Crippen LogP contribution in [0.3, 0.4) is 0 Å². The lowest BCUT2D eigenvalue weighted by molar-refractivity contribution is 0.0881. The first-order chi connectivity index (χ1) is 7.25. The van der Waals surface area contributed by atoms with E-state index in [1.807, 2.05) is 0 Å². The minimum Gasteiger partial charge on any atom is -0.461 e. The van der Waals surface area contributed by atoms with Gasteiger partial charge in [-0.1, -0.05) is 0 Å². The Morgan fingerprint density at radius 1 is 1.67 bits per heavy atom. The van der Waals surface area contributed by atoms with Crippen molar-refractivity contribution in [1.82, 2.24) is 4.90 Å². The second-order valence-corrected chi connectivity index (χ2v) is 4.04. The molecular weight excluding hydrogens is 192 g/mol. The molecule has 1 aliphatic heterocycles. The van der Waals surface area contributed by atoms with Gasteiger partial charge in [-0.05, 0) is 31.5 Å². The fourth-order valence-electron chi connectivity index (χ4n) is 1.95. The summed E-state index contributed by atoms with van der Waals surface area (Å²) in [5, 5.41) is 0. The van der Waals surface area contributed by atoms with Gasteiger partial charge in [0.05, 0.1) is 12.8 Å². The van der Waals surface area contributed by atoms with E-state index in [0.717, 1.165) is 25.9 Å². The predicted octanol–water partition coefficient (Wildman–Crippen LogP) is 0.885. The molecule has 0 radical (unpaired) electrons. The highest BCUT2D eigenvalue weighted by atomic mass is 16.3. The van der Waals surface area contributed by atoms with Gasteiger partial charge in [0.25, 0.3) is 0 Å². The molecule has 4 nitrogen and oxygen atoms in total. The van der Waals surface area contributed by atoms with Crippen LogP contribution in [0.2, 0.25) is 0 Å². The molecular formula is C11H16N2O2. The third kappa shape index (κ3) is 2.67. The Kier molecular flexibility index (Phi) is 3.18. The van der Waals surface area contributed by atoms with Crippen LogP contribution in [0.15, 0.2) is 22.8 Å². The fraction of sp³-hybridized carbons (Fsp3) is 0.545. The molecule has 15 heavy (non-hydrogen) atoms. The molecule has 1 aromatic heterocycles. The Balaban J connectivity index is 1.89. The maximum Gasteiger partial charge on any atom is 0.211 e. The van der Waals surface area contributed by atoms with E-state index in [0.29, 0.717) is 12.3 Å². The number of carbonyl (C=O) groups is 1. The van der Waals surface area contributed by atoms with Gasteiger partial charge in [0, 0.05) is 12.6 Å². The normalized spacial score (nSPS) is 22.9. The summed E-state index contributed by atoms with van der Waals surface area (Å²) < 4.78 is 5.06. The summed E-state index contributed by atoms with van der Waals surface area (Å²) in [6.07, 6.45) is 3.66. The molecule has 0 bridgehead atoms. The van der Waals surface area contributed by atoms with Gasteiger partial charge in [-0.25, -0.2) is 0 Å². The van der Waals surface area contributed by atoms with Crippen LogP contribution in [0.1, 0.15) is 23.4 Å². The molecule has 0 aliphatic carbocycles. The molecule has 82 valence electrons. The van der Waals surface area contributed by atoms with E-state index in [1.165, 1.54) is 6.26 Å². The average Bonchev–Trinajstić information content (AvgIpc) is 2.70. The van der Waals surface area contributed by atoms with Crippen LogP contribution >= 0.6 is 0 Å². The van der Waals surface area contributed by atoms with Crippen molar-refractivity contribution in [3.8, 4) is 0 Å². The summed E-state index contributed by atoms with van der Waals surface area (Å²) in [6.45, 7) is 2.19. The summed E-state index contributed by atoms with van der Waals surface area (Å²) in [6, 6.07) is 3.64. The van der Waals surface area contributed by atoms with Crippen molar-refractivity contribution in [3.05, 3.63) is 24.2 Å². The standard InChI is InChI=1S/C11H16N2O2/c12-9-3-1-5-13(7-9)8-10(14)11-4-2-6-15-11/h2,4,6,9H,1,3,5,7-8,12H2/t9-/m1/s1. The Hall–Kier alpha value is -1.13. The van der Waals surface area contributed by atoms with Crippen molar-refractivity contribution < 1.29 is 9.21 Å². The van der Waals surface area contributed by atoms with Crippen molar-refractivity contribution in [2.75, 3.05) is 19.6 Å². The number of carbonyl (C=O) groups excluding carboxylic acids is 1. The summed E-state index contributed by atoms with van der Waals surface area (Å²) >= 11 is 0. The molecule has 0 amide bonds. The van der Waals surface area contributed by atoms with Crippen molar-refractivity contribution in [2.24, 2.45) is 5.73 Å². The second-order valence-electron chi connectivity index (χ2n) is 4.04. The highest BCUT2D eigenvalue weighted by molar-refractivity contribution is 5.94. The van der Waals surface area contributed by atoms with Gasteiger partial charge in [0.1, 0.15) is 0 Å². The third-order valence-corrected chi connectivity index (χ3v) is 2.71. The number of piperidine rings is 1. The van der Waals surface area contributed by atoms with Crippen LogP contribution in [0.25, 0.3) is 0 Å². The van der Waals surface area contributed by atoms with Crippen molar-refractivity contribution in [3.63, 3.8) is 0 Å². The number of hydrogen-bond acceptors (Lipinski definition) is 4. The highest BCUT2D eigenvalue weighted by Gasteiger charge is 2.20. The molecule has 4 heteroatoms. The van der Waals surface area contributed by atoms with Crippen LogP contribution in [-0.2, 0) is 0 Å². The van der Waals surface area contributed by atoms with E-state index in [-0.39, 0.29) is 11.8 Å². The molecule has 2 rings (SSSR count). The van der Waals surface area contributed by atoms with E-state index in [2.05, 4.69) is 4.90 Å². The predicted molar refractivity (Wildman–Crippen MR) is 56.7 cm³/mol. The molecule has 0 unspecified atom stereocenters. The van der Waals surface area contributed by atoms with Gasteiger partial charge in [0.15, 0.2) is 5.76 Å². The molecule has 0 aromatic carbocycles. The van der Waals surface area contributed by atoms with E-state index in [9.17, 15) is 4.79 Å². The fourth-order valence-corrected chi connectivity index (χ4v) is 1.95. The number of furan rings is 1. The molecule has 1 aliphatic rings. The highest BCUT2D eigenvalue weighted by Crippen LogP contribution is 2.10. The second kappa shape index (κ2) is 4.59. The number of nitrogens with two attached hydrogens (primary N) is 1. The lowest BCUT2D eigenvalue weighted by atomic mass is 10.1. The molecule has 1 aromatic rings. The molecule has 0 spiro atoms. The zero-order valence-corrected chi connectivity index (χ0v) is 8.69. The first-order valence-corrected chi connectivity index (χ1v) is 5.30. The van der Waals surface area contributed by atoms with Crippen molar-refractivity contribution in [2.45, 2.75) is 18.9 Å². The number of Topliss-reactive ketones (excluding diaryl/α,β-unsaturated/α-hetero) is 1. The molecule has 1 saturated heterocycles.